The van der Waals surface area contributed by atoms with E-state index in [9.17, 15) is 4.79 Å². The summed E-state index contributed by atoms with van der Waals surface area (Å²) in [5.41, 5.74) is 14.0. The highest BCUT2D eigenvalue weighted by molar-refractivity contribution is 5.90. The van der Waals surface area contributed by atoms with Gasteiger partial charge in [0.25, 0.3) is 5.95 Å². The van der Waals surface area contributed by atoms with Crippen molar-refractivity contribution in [2.45, 2.75) is 6.92 Å². The van der Waals surface area contributed by atoms with Crippen LogP contribution >= 0.6 is 0 Å². The minimum atomic E-state index is -0.129. The van der Waals surface area contributed by atoms with E-state index in [1.54, 1.807) is 18.2 Å². The van der Waals surface area contributed by atoms with Gasteiger partial charge in [-0.1, -0.05) is 29.8 Å². The molecule has 0 radical (unpaired) electrons. The van der Waals surface area contributed by atoms with Crippen molar-refractivity contribution in [1.29, 1.82) is 0 Å². The van der Waals surface area contributed by atoms with Gasteiger partial charge in [-0.15, -0.1) is 0 Å². The molecule has 4 aromatic rings. The molecule has 4 N–H and O–H groups in total. The van der Waals surface area contributed by atoms with Crippen LogP contribution in [0.25, 0.3) is 34.0 Å². The number of aliphatic imine (C=N–C) groups is 1. The van der Waals surface area contributed by atoms with Crippen LogP contribution in [0.2, 0.25) is 0 Å². The van der Waals surface area contributed by atoms with Gasteiger partial charge >= 0.3 is 0 Å². The lowest BCUT2D eigenvalue weighted by atomic mass is 10.1. The van der Waals surface area contributed by atoms with Crippen molar-refractivity contribution < 1.29 is 4.42 Å². The van der Waals surface area contributed by atoms with Crippen LogP contribution in [0, 0.1) is 6.92 Å². The first-order valence-corrected chi connectivity index (χ1v) is 8.58. The normalized spacial score (nSPS) is 11.3. The van der Waals surface area contributed by atoms with Crippen molar-refractivity contribution in [2.24, 2.45) is 16.5 Å². The minimum Gasteiger partial charge on any atom is -0.463 e. The van der Waals surface area contributed by atoms with Gasteiger partial charge in [-0.3, -0.25) is 4.79 Å². The highest BCUT2D eigenvalue weighted by Crippen LogP contribution is 2.21. The Labute approximate surface area is 160 Å². The van der Waals surface area contributed by atoms with Crippen LogP contribution in [0.4, 0.5) is 5.95 Å². The predicted molar refractivity (Wildman–Crippen MR) is 111 cm³/mol. The van der Waals surface area contributed by atoms with Crippen molar-refractivity contribution in [3.8, 4) is 0 Å². The number of benzene rings is 2. The number of para-hydroxylation sites is 1. The highest BCUT2D eigenvalue weighted by atomic mass is 16.3. The monoisotopic (exact) mass is 371 g/mol. The average molecular weight is 371 g/mol. The van der Waals surface area contributed by atoms with Crippen molar-refractivity contribution >= 4 is 45.9 Å². The maximum Gasteiger partial charge on any atom is 0.253 e. The zero-order chi connectivity index (χ0) is 19.7. The van der Waals surface area contributed by atoms with E-state index >= 15 is 0 Å². The van der Waals surface area contributed by atoms with Crippen LogP contribution in [-0.4, -0.2) is 15.9 Å². The van der Waals surface area contributed by atoms with Gasteiger partial charge in [0.15, 0.2) is 11.4 Å². The number of hydrogen-bond donors (Lipinski definition) is 2. The van der Waals surface area contributed by atoms with E-state index < -0.39 is 0 Å². The molecule has 2 heterocycles. The molecule has 7 nitrogen and oxygen atoms in total. The van der Waals surface area contributed by atoms with E-state index in [2.05, 4.69) is 15.0 Å². The molecule has 0 spiro atoms. The second-order valence-electron chi connectivity index (χ2n) is 6.32. The highest BCUT2D eigenvalue weighted by Gasteiger charge is 2.08. The fourth-order valence-electron chi connectivity index (χ4n) is 2.92. The Morgan fingerprint density at radius 1 is 1.07 bits per heavy atom. The molecule has 4 rings (SSSR count). The smallest absolute Gasteiger partial charge is 0.253 e. The predicted octanol–water partition coefficient (Wildman–Crippen LogP) is 3.12. The summed E-state index contributed by atoms with van der Waals surface area (Å²) in [7, 11) is 0. The van der Waals surface area contributed by atoms with E-state index in [1.165, 1.54) is 6.26 Å². The third-order valence-corrected chi connectivity index (χ3v) is 4.23. The lowest BCUT2D eigenvalue weighted by Gasteiger charge is -2.03. The first-order valence-electron chi connectivity index (χ1n) is 8.58. The van der Waals surface area contributed by atoms with Gasteiger partial charge in [0.1, 0.15) is 11.8 Å². The van der Waals surface area contributed by atoms with Crippen LogP contribution in [0.15, 0.2) is 62.9 Å². The van der Waals surface area contributed by atoms with Crippen LogP contribution in [0.5, 0.6) is 0 Å². The topological polar surface area (TPSA) is 120 Å². The number of guanidine groups is 1. The second-order valence-corrected chi connectivity index (χ2v) is 6.32. The minimum absolute atomic E-state index is 0.107. The maximum absolute atomic E-state index is 12.8. The largest absolute Gasteiger partial charge is 0.463 e. The lowest BCUT2D eigenvalue weighted by molar-refractivity contribution is 0.601. The van der Waals surface area contributed by atoms with E-state index in [0.717, 1.165) is 10.9 Å². The third kappa shape index (κ3) is 3.33. The Bertz CT molecular complexity index is 1320. The van der Waals surface area contributed by atoms with Gasteiger partial charge in [-0.05, 0) is 37.3 Å². The molecule has 7 heteroatoms. The maximum atomic E-state index is 12.8. The van der Waals surface area contributed by atoms with Crippen molar-refractivity contribution in [2.75, 3.05) is 0 Å². The van der Waals surface area contributed by atoms with Gasteiger partial charge in [0, 0.05) is 5.39 Å². The third-order valence-electron chi connectivity index (χ3n) is 4.23. The quantitative estimate of drug-likeness (QED) is 0.422. The summed E-state index contributed by atoms with van der Waals surface area (Å²) in [6, 6.07) is 13.0. The van der Waals surface area contributed by atoms with Crippen LogP contribution in [0.3, 0.4) is 0 Å². The molecule has 0 bridgehead atoms. The van der Waals surface area contributed by atoms with Crippen LogP contribution in [0.1, 0.15) is 16.8 Å². The first-order chi connectivity index (χ1) is 13.5. The molecule has 0 saturated heterocycles. The summed E-state index contributed by atoms with van der Waals surface area (Å²) in [6.45, 7) is 1.93. The second kappa shape index (κ2) is 6.96. The van der Waals surface area contributed by atoms with Crippen molar-refractivity contribution in [3.05, 3.63) is 75.8 Å². The molecule has 0 aliphatic heterocycles. The molecule has 0 fully saturated rings. The molecule has 138 valence electrons. The number of rotatable bonds is 3. The van der Waals surface area contributed by atoms with Gasteiger partial charge < -0.3 is 15.9 Å². The van der Waals surface area contributed by atoms with E-state index in [4.69, 9.17) is 15.9 Å². The fraction of sp³-hybridized carbons (Fsp3) is 0.0476. The molecule has 0 atom stereocenters. The zero-order valence-electron chi connectivity index (χ0n) is 15.1. The molecular formula is C21H17N5O2. The van der Waals surface area contributed by atoms with Crippen LogP contribution in [-0.2, 0) is 0 Å². The fourth-order valence-corrected chi connectivity index (χ4v) is 2.92. The Kier molecular flexibility index (Phi) is 4.33. The molecule has 2 aromatic carbocycles. The number of hydrogen-bond acceptors (Lipinski definition) is 5. The Balaban J connectivity index is 1.85. The number of nitrogens with two attached hydrogens (primary N) is 2. The van der Waals surface area contributed by atoms with Gasteiger partial charge in [0.2, 0.25) is 0 Å². The van der Waals surface area contributed by atoms with Gasteiger partial charge in [-0.25, -0.2) is 9.97 Å². The molecule has 0 saturated carbocycles. The molecule has 2 aromatic heterocycles. The summed E-state index contributed by atoms with van der Waals surface area (Å²) < 4.78 is 5.59. The summed E-state index contributed by atoms with van der Waals surface area (Å²) >= 11 is 0. The van der Waals surface area contributed by atoms with Crippen molar-refractivity contribution in [3.63, 3.8) is 0 Å². The lowest BCUT2D eigenvalue weighted by Crippen LogP contribution is -2.22. The number of fused-ring (bicyclic) bond motifs is 2. The van der Waals surface area contributed by atoms with Gasteiger partial charge in [-0.2, -0.15) is 4.99 Å². The van der Waals surface area contributed by atoms with Gasteiger partial charge in [0.05, 0.1) is 22.2 Å². The van der Waals surface area contributed by atoms with E-state index in [0.29, 0.717) is 27.7 Å². The molecule has 28 heavy (non-hydrogen) atoms. The number of aryl methyl sites for hydroxylation is 1. The number of aromatic nitrogens is 2. The van der Waals surface area contributed by atoms with Crippen LogP contribution < -0.4 is 16.9 Å². The number of nitrogens with zero attached hydrogens (tertiary/aromatic N) is 3. The average Bonchev–Trinajstić information content (AvgIpc) is 2.67. The summed E-state index contributed by atoms with van der Waals surface area (Å²) in [6.07, 6.45) is 4.84. The zero-order valence-corrected chi connectivity index (χ0v) is 15.1. The Morgan fingerprint density at radius 3 is 2.71 bits per heavy atom. The standard InChI is InChI=1S/C21H17N5O2/c1-12-6-9-18-15(10-12)19(27)13(11-28-18)7-8-17-14-4-2-3-5-16(14)24-21(25-17)26-20(22)23/h2-11H,1H3,(H4,22,23,24,25,26)/b8-7+. The summed E-state index contributed by atoms with van der Waals surface area (Å²) in [5.74, 6) is 0.0234. The molecule has 0 aliphatic carbocycles. The molecular weight excluding hydrogens is 354 g/mol. The van der Waals surface area contributed by atoms with Crippen molar-refractivity contribution in [1.82, 2.24) is 9.97 Å². The first kappa shape index (κ1) is 17.4. The summed E-state index contributed by atoms with van der Waals surface area (Å²) in [4.78, 5) is 25.4. The SMILES string of the molecule is Cc1ccc2occ(/C=C/c3nc(N=C(N)N)nc4ccccc34)c(=O)c2c1. The molecule has 0 amide bonds. The molecule has 0 unspecified atom stereocenters. The Hall–Kier alpha value is -4.00. The summed E-state index contributed by atoms with van der Waals surface area (Å²) in [5, 5.41) is 1.35. The van der Waals surface area contributed by atoms with E-state index in [-0.39, 0.29) is 17.3 Å². The Morgan fingerprint density at radius 2 is 1.89 bits per heavy atom. The van der Waals surface area contributed by atoms with E-state index in [1.807, 2.05) is 43.3 Å². The molecule has 0 aliphatic rings.